The summed E-state index contributed by atoms with van der Waals surface area (Å²) in [5.41, 5.74) is 2.64. The molecule has 5 nitrogen and oxygen atoms in total. The zero-order valence-electron chi connectivity index (χ0n) is 15.0. The topological polar surface area (TPSA) is 52.7 Å². The maximum Gasteiger partial charge on any atom is 0.256 e. The van der Waals surface area contributed by atoms with Gasteiger partial charge < -0.3 is 15.1 Å². The second-order valence-corrected chi connectivity index (χ2v) is 7.51. The second-order valence-electron chi connectivity index (χ2n) is 6.59. The molecule has 1 fully saturated rings. The van der Waals surface area contributed by atoms with E-state index in [0.717, 1.165) is 36.1 Å². The van der Waals surface area contributed by atoms with E-state index in [2.05, 4.69) is 21.2 Å². The highest BCUT2D eigenvalue weighted by atomic mass is 79.9. The first-order chi connectivity index (χ1) is 12.5. The summed E-state index contributed by atoms with van der Waals surface area (Å²) < 4.78 is 0.845. The summed E-state index contributed by atoms with van der Waals surface area (Å²) in [5.74, 6) is -0.187. The van der Waals surface area contributed by atoms with Crippen LogP contribution in [0.25, 0.3) is 0 Å². The molecule has 26 heavy (non-hydrogen) atoms. The molecule has 0 aliphatic carbocycles. The summed E-state index contributed by atoms with van der Waals surface area (Å²) in [7, 11) is 3.83. The molecule has 0 aromatic heterocycles. The van der Waals surface area contributed by atoms with Gasteiger partial charge in [-0.05, 0) is 49.2 Å². The SMILES string of the molecule is CN(C)c1ccc(NC(=O)c2cccc(Br)c2)cc1C(=O)N1CCCC1. The van der Waals surface area contributed by atoms with Crippen LogP contribution < -0.4 is 10.2 Å². The molecule has 0 saturated carbocycles. The Morgan fingerprint density at radius 1 is 1.08 bits per heavy atom. The van der Waals surface area contributed by atoms with Gasteiger partial charge in [0.05, 0.1) is 5.56 Å². The number of nitrogens with zero attached hydrogens (tertiary/aromatic N) is 2. The van der Waals surface area contributed by atoms with E-state index in [1.807, 2.05) is 48.2 Å². The molecule has 1 aliphatic rings. The Kier molecular flexibility index (Phi) is 5.61. The number of anilines is 2. The number of carbonyl (C=O) groups is 2. The van der Waals surface area contributed by atoms with E-state index in [1.54, 1.807) is 18.2 Å². The van der Waals surface area contributed by atoms with Crippen LogP contribution in [0.3, 0.4) is 0 Å². The van der Waals surface area contributed by atoms with Crippen molar-refractivity contribution < 1.29 is 9.59 Å². The van der Waals surface area contributed by atoms with Crippen LogP contribution in [-0.4, -0.2) is 43.9 Å². The molecule has 3 rings (SSSR count). The van der Waals surface area contributed by atoms with E-state index in [0.29, 0.717) is 16.8 Å². The van der Waals surface area contributed by atoms with E-state index in [4.69, 9.17) is 0 Å². The number of hydrogen-bond donors (Lipinski definition) is 1. The lowest BCUT2D eigenvalue weighted by atomic mass is 10.1. The Hall–Kier alpha value is -2.34. The molecule has 0 spiro atoms. The van der Waals surface area contributed by atoms with Crippen molar-refractivity contribution in [3.8, 4) is 0 Å². The number of amides is 2. The lowest BCUT2D eigenvalue weighted by molar-refractivity contribution is 0.0793. The van der Waals surface area contributed by atoms with E-state index < -0.39 is 0 Å². The van der Waals surface area contributed by atoms with Crippen molar-refractivity contribution in [1.29, 1.82) is 0 Å². The smallest absolute Gasteiger partial charge is 0.256 e. The fourth-order valence-electron chi connectivity index (χ4n) is 3.10. The van der Waals surface area contributed by atoms with Crippen molar-refractivity contribution in [2.45, 2.75) is 12.8 Å². The quantitative estimate of drug-likeness (QED) is 0.820. The summed E-state index contributed by atoms with van der Waals surface area (Å²) in [6, 6.07) is 12.7. The van der Waals surface area contributed by atoms with Gasteiger partial charge in [0.15, 0.2) is 0 Å². The molecule has 0 radical (unpaired) electrons. The number of hydrogen-bond acceptors (Lipinski definition) is 3. The lowest BCUT2D eigenvalue weighted by Gasteiger charge is -2.22. The number of nitrogens with one attached hydrogen (secondary N) is 1. The maximum atomic E-state index is 12.9. The number of likely N-dealkylation sites (tertiary alicyclic amines) is 1. The van der Waals surface area contributed by atoms with Crippen molar-refractivity contribution in [1.82, 2.24) is 4.90 Å². The first-order valence-electron chi connectivity index (χ1n) is 8.63. The largest absolute Gasteiger partial charge is 0.377 e. The molecule has 0 atom stereocenters. The van der Waals surface area contributed by atoms with E-state index in [9.17, 15) is 9.59 Å². The predicted molar refractivity (Wildman–Crippen MR) is 108 cm³/mol. The Morgan fingerprint density at radius 2 is 1.81 bits per heavy atom. The van der Waals surface area contributed by atoms with Crippen LogP contribution in [0.15, 0.2) is 46.9 Å². The zero-order chi connectivity index (χ0) is 18.7. The average Bonchev–Trinajstić information content (AvgIpc) is 3.15. The third kappa shape index (κ3) is 4.07. The molecule has 1 saturated heterocycles. The fraction of sp³-hybridized carbons (Fsp3) is 0.300. The summed E-state index contributed by atoms with van der Waals surface area (Å²) in [4.78, 5) is 29.2. The zero-order valence-corrected chi connectivity index (χ0v) is 16.5. The van der Waals surface area contributed by atoms with E-state index >= 15 is 0 Å². The minimum atomic E-state index is -0.205. The van der Waals surface area contributed by atoms with Crippen LogP contribution in [-0.2, 0) is 0 Å². The number of carbonyl (C=O) groups excluding carboxylic acids is 2. The van der Waals surface area contributed by atoms with Gasteiger partial charge in [-0.15, -0.1) is 0 Å². The van der Waals surface area contributed by atoms with Gasteiger partial charge in [0, 0.05) is 48.6 Å². The Labute approximate surface area is 162 Å². The molecular weight excluding hydrogens is 394 g/mol. The van der Waals surface area contributed by atoms with E-state index in [1.165, 1.54) is 0 Å². The van der Waals surface area contributed by atoms with Crippen LogP contribution in [0.5, 0.6) is 0 Å². The van der Waals surface area contributed by atoms with Gasteiger partial charge in [-0.25, -0.2) is 0 Å². The van der Waals surface area contributed by atoms with Crippen LogP contribution >= 0.6 is 15.9 Å². The van der Waals surface area contributed by atoms with Crippen LogP contribution in [0.1, 0.15) is 33.6 Å². The molecule has 2 aromatic carbocycles. The molecule has 2 aromatic rings. The lowest BCUT2D eigenvalue weighted by Crippen LogP contribution is -2.29. The normalized spacial score (nSPS) is 13.6. The van der Waals surface area contributed by atoms with Crippen molar-refractivity contribution in [3.63, 3.8) is 0 Å². The number of benzene rings is 2. The maximum absolute atomic E-state index is 12.9. The molecule has 1 aliphatic heterocycles. The van der Waals surface area contributed by atoms with Gasteiger partial charge in [0.1, 0.15) is 0 Å². The third-order valence-corrected chi connectivity index (χ3v) is 4.94. The van der Waals surface area contributed by atoms with Crippen molar-refractivity contribution >= 4 is 39.1 Å². The van der Waals surface area contributed by atoms with Crippen molar-refractivity contribution in [2.24, 2.45) is 0 Å². The molecule has 0 unspecified atom stereocenters. The van der Waals surface area contributed by atoms with Gasteiger partial charge in [-0.2, -0.15) is 0 Å². The first kappa shape index (κ1) is 18.5. The van der Waals surface area contributed by atoms with Gasteiger partial charge in [-0.1, -0.05) is 22.0 Å². The Balaban J connectivity index is 1.87. The van der Waals surface area contributed by atoms with Crippen molar-refractivity contribution in [2.75, 3.05) is 37.4 Å². The monoisotopic (exact) mass is 415 g/mol. The first-order valence-corrected chi connectivity index (χ1v) is 9.42. The Morgan fingerprint density at radius 3 is 2.46 bits per heavy atom. The molecule has 1 N–H and O–H groups in total. The molecule has 0 bridgehead atoms. The third-order valence-electron chi connectivity index (χ3n) is 4.45. The average molecular weight is 416 g/mol. The summed E-state index contributed by atoms with van der Waals surface area (Å²) >= 11 is 3.37. The van der Waals surface area contributed by atoms with Gasteiger partial charge in [0.2, 0.25) is 0 Å². The minimum Gasteiger partial charge on any atom is -0.377 e. The summed E-state index contributed by atoms with van der Waals surface area (Å²) in [6.45, 7) is 1.58. The minimum absolute atomic E-state index is 0.0183. The van der Waals surface area contributed by atoms with E-state index in [-0.39, 0.29) is 11.8 Å². The molecule has 2 amide bonds. The molecule has 1 heterocycles. The number of rotatable bonds is 4. The summed E-state index contributed by atoms with van der Waals surface area (Å²) in [6.07, 6.45) is 2.09. The van der Waals surface area contributed by atoms with Crippen LogP contribution in [0.4, 0.5) is 11.4 Å². The highest BCUT2D eigenvalue weighted by Gasteiger charge is 2.23. The highest BCUT2D eigenvalue weighted by molar-refractivity contribution is 9.10. The van der Waals surface area contributed by atoms with Crippen molar-refractivity contribution in [3.05, 3.63) is 58.1 Å². The standard InChI is InChI=1S/C20H22BrN3O2/c1-23(2)18-9-8-16(13-17(18)20(26)24-10-3-4-11-24)22-19(25)14-6-5-7-15(21)12-14/h5-9,12-13H,3-4,10-11H2,1-2H3,(H,22,25). The predicted octanol–water partition coefficient (Wildman–Crippen LogP) is 4.00. The van der Waals surface area contributed by atoms with Gasteiger partial charge in [0.25, 0.3) is 11.8 Å². The fourth-order valence-corrected chi connectivity index (χ4v) is 3.50. The molecular formula is C20H22BrN3O2. The van der Waals surface area contributed by atoms with Gasteiger partial charge in [-0.3, -0.25) is 9.59 Å². The van der Waals surface area contributed by atoms with Gasteiger partial charge >= 0.3 is 0 Å². The second kappa shape index (κ2) is 7.91. The highest BCUT2D eigenvalue weighted by Crippen LogP contribution is 2.26. The van der Waals surface area contributed by atoms with Crippen LogP contribution in [0.2, 0.25) is 0 Å². The molecule has 6 heteroatoms. The van der Waals surface area contributed by atoms with Crippen LogP contribution in [0, 0.1) is 0 Å². The number of halogens is 1. The molecule has 136 valence electrons. The summed E-state index contributed by atoms with van der Waals surface area (Å²) in [5, 5.41) is 2.89. The Bertz CT molecular complexity index is 830.